The summed E-state index contributed by atoms with van der Waals surface area (Å²) in [7, 11) is 0. The van der Waals surface area contributed by atoms with Gasteiger partial charge < -0.3 is 99.5 Å². The summed E-state index contributed by atoms with van der Waals surface area (Å²) in [5, 5.41) is 134. The minimum atomic E-state index is -1.99. The third-order valence-electron chi connectivity index (χ3n) is 8.93. The van der Waals surface area contributed by atoms with E-state index < -0.39 is 155 Å². The Bertz CT molecular complexity index is 959. The van der Waals surface area contributed by atoms with E-state index in [1.807, 2.05) is 0 Å². The molecule has 0 saturated carbocycles. The summed E-state index contributed by atoms with van der Waals surface area (Å²) < 4.78 is 39.8. The van der Waals surface area contributed by atoms with Crippen LogP contribution in [0.5, 0.6) is 0 Å². The molecule has 0 aromatic heterocycles. The molecule has 0 unspecified atom stereocenters. The van der Waals surface area contributed by atoms with Gasteiger partial charge in [0, 0.05) is 0 Å². The predicted molar refractivity (Wildman–Crippen MR) is 147 cm³/mol. The van der Waals surface area contributed by atoms with Crippen molar-refractivity contribution in [2.75, 3.05) is 26.4 Å². The summed E-state index contributed by atoms with van der Waals surface area (Å²) >= 11 is 0. The fraction of sp³-hybridized carbons (Fsp3) is 1.00. The van der Waals surface area contributed by atoms with Crippen LogP contribution in [0, 0.1) is 5.92 Å². The van der Waals surface area contributed by atoms with Crippen LogP contribution >= 0.6 is 0 Å². The molecule has 0 aromatic rings. The second-order valence-electron chi connectivity index (χ2n) is 12.5. The zero-order valence-corrected chi connectivity index (χ0v) is 25.6. The maximum absolute atomic E-state index is 11.3. The SMILES string of the molecule is CC(C)[C@@H]1O[C@H](CO)[C@@H](O)[C@H](O[C@@H]2O[C@H](CO)[C@@H](O)[C@H](O[C@@H]3O[C@H](CO)[C@@H](O)[C@H](O)[C@H]3O)[C@H]2O)[C@H]1O[C@@H]1O[C@H](CO)[C@@H](O)[C@H](O)[C@H]1O. The highest BCUT2D eigenvalue weighted by molar-refractivity contribution is 5.00. The zero-order chi connectivity index (χ0) is 34.9. The summed E-state index contributed by atoms with van der Waals surface area (Å²) in [6.07, 6.45) is -33.3. The largest absolute Gasteiger partial charge is 0.394 e. The van der Waals surface area contributed by atoms with Crippen LogP contribution in [0.3, 0.4) is 0 Å². The van der Waals surface area contributed by atoms with Crippen LogP contribution in [0.15, 0.2) is 0 Å². The lowest BCUT2D eigenvalue weighted by atomic mass is 9.88. The second-order valence-corrected chi connectivity index (χ2v) is 12.5. The quantitative estimate of drug-likeness (QED) is 0.0956. The molecule has 20 nitrogen and oxygen atoms in total. The maximum atomic E-state index is 11.3. The molecule has 47 heavy (non-hydrogen) atoms. The Labute approximate surface area is 268 Å². The van der Waals surface area contributed by atoms with Crippen molar-refractivity contribution in [3.8, 4) is 0 Å². The minimum Gasteiger partial charge on any atom is -0.394 e. The molecule has 0 spiro atoms. The number of ether oxygens (including phenoxy) is 7. The predicted octanol–water partition coefficient (Wildman–Crippen LogP) is -8.04. The van der Waals surface area contributed by atoms with Crippen LogP contribution in [-0.2, 0) is 33.2 Å². The minimum absolute atomic E-state index is 0.441. The summed E-state index contributed by atoms with van der Waals surface area (Å²) in [6.45, 7) is 0.230. The Balaban J connectivity index is 1.62. The molecular formula is C27H48O20. The van der Waals surface area contributed by atoms with Crippen molar-refractivity contribution in [3.63, 3.8) is 0 Å². The first-order chi connectivity index (χ1) is 22.2. The molecule has 13 N–H and O–H groups in total. The van der Waals surface area contributed by atoms with Gasteiger partial charge in [0.1, 0.15) is 97.7 Å². The summed E-state index contributed by atoms with van der Waals surface area (Å²) in [5.41, 5.74) is 0. The van der Waals surface area contributed by atoms with Crippen molar-refractivity contribution in [2.45, 2.75) is 136 Å². The van der Waals surface area contributed by atoms with Gasteiger partial charge in [-0.1, -0.05) is 13.8 Å². The van der Waals surface area contributed by atoms with Crippen LogP contribution in [0.2, 0.25) is 0 Å². The van der Waals surface area contributed by atoms with Gasteiger partial charge in [0.25, 0.3) is 0 Å². The van der Waals surface area contributed by atoms with Crippen LogP contribution in [0.1, 0.15) is 13.8 Å². The molecule has 0 bridgehead atoms. The first-order valence-corrected chi connectivity index (χ1v) is 15.3. The molecule has 4 aliphatic rings. The average molecular weight is 693 g/mol. The molecule has 4 aliphatic heterocycles. The molecule has 20 atom stereocenters. The summed E-state index contributed by atoms with van der Waals surface area (Å²) in [4.78, 5) is 0. The standard InChI is InChI=1S/C27H48O20/c1-7(2)21-24(47-26-19(39)17(37)13(33)9(4-29)43-26)23(15(35)10(5-30)41-21)46-27-20(40)22(14(34)11(6-31)44-27)45-25-18(38)16(36)12(32)8(3-28)42-25/h7-40H,3-6H2,1-2H3/t8-,9-,10-,11-,12-,13-,14-,15-,16+,17+,18-,19-,20-,21+,22+,23+,24+,25+,26+,27+/m1/s1. The monoisotopic (exact) mass is 692 g/mol. The van der Waals surface area contributed by atoms with Crippen molar-refractivity contribution >= 4 is 0 Å². The van der Waals surface area contributed by atoms with Gasteiger partial charge in [-0.2, -0.15) is 0 Å². The Kier molecular flexibility index (Phi) is 13.7. The smallest absolute Gasteiger partial charge is 0.187 e. The molecule has 276 valence electrons. The van der Waals surface area contributed by atoms with Gasteiger partial charge in [0.15, 0.2) is 18.9 Å². The van der Waals surface area contributed by atoms with Gasteiger partial charge >= 0.3 is 0 Å². The van der Waals surface area contributed by atoms with Gasteiger partial charge in [-0.25, -0.2) is 0 Å². The Morgan fingerprint density at radius 1 is 0.404 bits per heavy atom. The van der Waals surface area contributed by atoms with E-state index in [4.69, 9.17) is 33.2 Å². The van der Waals surface area contributed by atoms with Gasteiger partial charge in [0.2, 0.25) is 0 Å². The molecular weight excluding hydrogens is 644 g/mol. The van der Waals surface area contributed by atoms with E-state index in [-0.39, 0.29) is 0 Å². The highest BCUT2D eigenvalue weighted by atomic mass is 16.8. The molecule has 0 radical (unpaired) electrons. The van der Waals surface area contributed by atoms with Crippen LogP contribution in [-0.4, -0.2) is 215 Å². The number of aliphatic hydroxyl groups is 13. The number of hydrogen-bond acceptors (Lipinski definition) is 20. The van der Waals surface area contributed by atoms with Gasteiger partial charge in [-0.3, -0.25) is 0 Å². The first kappa shape index (κ1) is 39.0. The normalized spacial score (nSPS) is 51.3. The van der Waals surface area contributed by atoms with E-state index in [0.717, 1.165) is 0 Å². The van der Waals surface area contributed by atoms with Crippen LogP contribution in [0.25, 0.3) is 0 Å². The number of aliphatic hydroxyl groups excluding tert-OH is 13. The molecule has 0 aromatic carbocycles. The van der Waals surface area contributed by atoms with Crippen LogP contribution < -0.4 is 0 Å². The lowest BCUT2D eigenvalue weighted by Crippen LogP contribution is -2.68. The highest BCUT2D eigenvalue weighted by Gasteiger charge is 2.56. The van der Waals surface area contributed by atoms with Crippen molar-refractivity contribution in [1.29, 1.82) is 0 Å². The third kappa shape index (κ3) is 7.92. The van der Waals surface area contributed by atoms with Crippen molar-refractivity contribution in [3.05, 3.63) is 0 Å². The topological polar surface area (TPSA) is 328 Å². The molecule has 0 aliphatic carbocycles. The summed E-state index contributed by atoms with van der Waals surface area (Å²) in [5.74, 6) is -0.441. The number of hydrogen-bond donors (Lipinski definition) is 13. The summed E-state index contributed by atoms with van der Waals surface area (Å²) in [6, 6.07) is 0. The van der Waals surface area contributed by atoms with Gasteiger partial charge in [-0.15, -0.1) is 0 Å². The number of rotatable bonds is 11. The maximum Gasteiger partial charge on any atom is 0.187 e. The van der Waals surface area contributed by atoms with E-state index >= 15 is 0 Å². The lowest BCUT2D eigenvalue weighted by Gasteiger charge is -2.50. The van der Waals surface area contributed by atoms with Crippen molar-refractivity contribution in [2.24, 2.45) is 5.92 Å². The Morgan fingerprint density at radius 2 is 0.745 bits per heavy atom. The molecule has 4 rings (SSSR count). The van der Waals surface area contributed by atoms with Crippen LogP contribution in [0.4, 0.5) is 0 Å². The van der Waals surface area contributed by atoms with E-state index in [1.165, 1.54) is 0 Å². The van der Waals surface area contributed by atoms with Gasteiger partial charge in [0.05, 0.1) is 32.5 Å². The van der Waals surface area contributed by atoms with E-state index in [2.05, 4.69) is 0 Å². The molecule has 20 heteroatoms. The van der Waals surface area contributed by atoms with E-state index in [1.54, 1.807) is 13.8 Å². The second kappa shape index (κ2) is 16.5. The first-order valence-electron chi connectivity index (χ1n) is 15.3. The molecule has 4 saturated heterocycles. The lowest BCUT2D eigenvalue weighted by molar-refractivity contribution is -0.386. The molecule has 4 heterocycles. The molecule has 0 amide bonds. The average Bonchev–Trinajstić information content (AvgIpc) is 3.05. The Hall–Kier alpha value is -0.800. The van der Waals surface area contributed by atoms with E-state index in [9.17, 15) is 66.4 Å². The fourth-order valence-electron chi connectivity index (χ4n) is 6.10. The van der Waals surface area contributed by atoms with Gasteiger partial charge in [-0.05, 0) is 5.92 Å². The van der Waals surface area contributed by atoms with E-state index in [0.29, 0.717) is 0 Å². The molecule has 4 fully saturated rings. The fourth-order valence-corrected chi connectivity index (χ4v) is 6.10. The third-order valence-corrected chi connectivity index (χ3v) is 8.93. The highest BCUT2D eigenvalue weighted by Crippen LogP contribution is 2.36. The van der Waals surface area contributed by atoms with Crippen molar-refractivity contribution in [1.82, 2.24) is 0 Å². The zero-order valence-electron chi connectivity index (χ0n) is 25.6. The Morgan fingerprint density at radius 3 is 1.17 bits per heavy atom. The van der Waals surface area contributed by atoms with Crippen molar-refractivity contribution < 1.29 is 99.5 Å².